The first-order chi connectivity index (χ1) is 8.11. The maximum atomic E-state index is 12.2. The van der Waals surface area contributed by atoms with Crippen LogP contribution in [0.2, 0.25) is 0 Å². The smallest absolute Gasteiger partial charge is 0.178 e. The molecule has 94 valence electrons. The molecule has 2 nitrogen and oxygen atoms in total. The Morgan fingerprint density at radius 3 is 2.94 bits per heavy atom. The van der Waals surface area contributed by atoms with Gasteiger partial charge in [-0.15, -0.1) is 11.3 Å². The lowest BCUT2D eigenvalue weighted by molar-refractivity contribution is 0.0920. The zero-order valence-corrected chi connectivity index (χ0v) is 13.7. The number of hydrogen-bond donors (Lipinski definition) is 0. The molecular formula is C12H15Br2NOS. The number of rotatable bonds is 4. The molecule has 0 aliphatic carbocycles. The van der Waals surface area contributed by atoms with Crippen LogP contribution in [0.15, 0.2) is 13.6 Å². The van der Waals surface area contributed by atoms with Gasteiger partial charge in [0.1, 0.15) is 0 Å². The number of halogens is 2. The molecular weight excluding hydrogens is 366 g/mol. The van der Waals surface area contributed by atoms with Crippen molar-refractivity contribution in [1.82, 2.24) is 4.90 Å². The van der Waals surface area contributed by atoms with Gasteiger partial charge in [0.05, 0.1) is 14.1 Å². The highest BCUT2D eigenvalue weighted by Crippen LogP contribution is 2.32. The van der Waals surface area contributed by atoms with Gasteiger partial charge in [-0.05, 0) is 63.7 Å². The number of nitrogens with zero attached hydrogens (tertiary/aromatic N) is 1. The number of hydrogen-bond acceptors (Lipinski definition) is 3. The molecule has 0 amide bonds. The van der Waals surface area contributed by atoms with Gasteiger partial charge in [0.15, 0.2) is 5.78 Å². The number of likely N-dealkylation sites (tertiary alicyclic amines) is 1. The first-order valence-electron chi connectivity index (χ1n) is 5.84. The molecule has 0 saturated carbocycles. The number of ketones is 1. The third kappa shape index (κ3) is 3.19. The summed E-state index contributed by atoms with van der Waals surface area (Å²) in [6.45, 7) is 3.82. The molecule has 1 saturated heterocycles. The summed E-state index contributed by atoms with van der Waals surface area (Å²) in [6, 6.07) is 2.51. The molecule has 0 N–H and O–H groups in total. The van der Waals surface area contributed by atoms with Crippen LogP contribution in [0, 0.1) is 0 Å². The summed E-state index contributed by atoms with van der Waals surface area (Å²) in [5.41, 5.74) is 0.809. The van der Waals surface area contributed by atoms with E-state index >= 15 is 0 Å². The summed E-state index contributed by atoms with van der Waals surface area (Å²) in [7, 11) is 0. The van der Waals surface area contributed by atoms with Crippen molar-refractivity contribution in [2.45, 2.75) is 32.2 Å². The fourth-order valence-corrected chi connectivity index (χ4v) is 5.22. The molecule has 5 heteroatoms. The maximum absolute atomic E-state index is 12.2. The molecule has 1 aliphatic rings. The highest BCUT2D eigenvalue weighted by atomic mass is 79.9. The normalized spacial score (nSPS) is 21.0. The molecule has 2 rings (SSSR count). The third-order valence-corrected chi connectivity index (χ3v) is 5.61. The SMILES string of the molecule is CCC1CCCN1CC(=O)c1cc(Br)sc1Br. The Labute approximate surface area is 123 Å². The third-order valence-electron chi connectivity index (χ3n) is 3.27. The molecule has 0 radical (unpaired) electrons. The van der Waals surface area contributed by atoms with Gasteiger partial charge in [0, 0.05) is 11.6 Å². The quantitative estimate of drug-likeness (QED) is 0.724. The van der Waals surface area contributed by atoms with Crippen LogP contribution in [-0.4, -0.2) is 29.8 Å². The first-order valence-corrected chi connectivity index (χ1v) is 8.24. The minimum Gasteiger partial charge on any atom is -0.293 e. The predicted octanol–water partition coefficient (Wildman–Crippen LogP) is 4.33. The number of carbonyl (C=O) groups is 1. The Morgan fingerprint density at radius 1 is 1.59 bits per heavy atom. The van der Waals surface area contributed by atoms with E-state index in [1.807, 2.05) is 6.07 Å². The topological polar surface area (TPSA) is 20.3 Å². The number of thiophene rings is 1. The largest absolute Gasteiger partial charge is 0.293 e. The fourth-order valence-electron chi connectivity index (χ4n) is 2.37. The standard InChI is InChI=1S/C12H15Br2NOS/c1-2-8-4-3-5-15(8)7-10(16)9-6-11(13)17-12(9)14/h6,8H,2-5,7H2,1H3. The van der Waals surface area contributed by atoms with E-state index in [0.717, 1.165) is 26.1 Å². The molecule has 1 aromatic heterocycles. The molecule has 1 aliphatic heterocycles. The Bertz CT molecular complexity index is 419. The maximum Gasteiger partial charge on any atom is 0.178 e. The van der Waals surface area contributed by atoms with Crippen LogP contribution in [0.3, 0.4) is 0 Å². The van der Waals surface area contributed by atoms with Gasteiger partial charge < -0.3 is 0 Å². The Kier molecular flexibility index (Phi) is 4.80. The molecule has 17 heavy (non-hydrogen) atoms. The monoisotopic (exact) mass is 379 g/mol. The Hall–Kier alpha value is 0.290. The van der Waals surface area contributed by atoms with Gasteiger partial charge in [-0.3, -0.25) is 9.69 Å². The minimum absolute atomic E-state index is 0.221. The zero-order valence-electron chi connectivity index (χ0n) is 9.71. The summed E-state index contributed by atoms with van der Waals surface area (Å²) >= 11 is 8.42. The lowest BCUT2D eigenvalue weighted by atomic mass is 10.1. The van der Waals surface area contributed by atoms with Crippen LogP contribution in [0.1, 0.15) is 36.5 Å². The van der Waals surface area contributed by atoms with E-state index in [1.165, 1.54) is 12.8 Å². The van der Waals surface area contributed by atoms with Crippen LogP contribution in [-0.2, 0) is 0 Å². The van der Waals surface area contributed by atoms with Gasteiger partial charge >= 0.3 is 0 Å². The van der Waals surface area contributed by atoms with Crippen LogP contribution in [0.4, 0.5) is 0 Å². The van der Waals surface area contributed by atoms with E-state index in [1.54, 1.807) is 11.3 Å². The summed E-state index contributed by atoms with van der Waals surface area (Å²) in [4.78, 5) is 14.5. The van der Waals surface area contributed by atoms with Crippen molar-refractivity contribution in [2.75, 3.05) is 13.1 Å². The lowest BCUT2D eigenvalue weighted by Gasteiger charge is -2.22. The van der Waals surface area contributed by atoms with Gasteiger partial charge in [0.2, 0.25) is 0 Å². The van der Waals surface area contributed by atoms with E-state index in [9.17, 15) is 4.79 Å². The van der Waals surface area contributed by atoms with E-state index in [2.05, 4.69) is 43.7 Å². The Balaban J connectivity index is 2.04. The molecule has 2 heterocycles. The van der Waals surface area contributed by atoms with Crippen molar-refractivity contribution in [3.05, 3.63) is 19.2 Å². The molecule has 1 fully saturated rings. The second-order valence-corrected chi connectivity index (χ2v) is 8.09. The van der Waals surface area contributed by atoms with Crippen LogP contribution >= 0.6 is 43.2 Å². The van der Waals surface area contributed by atoms with E-state index in [0.29, 0.717) is 12.6 Å². The number of Topliss-reactive ketones (excluding diaryl/α,β-unsaturated/α-hetero) is 1. The van der Waals surface area contributed by atoms with E-state index in [-0.39, 0.29) is 5.78 Å². The van der Waals surface area contributed by atoms with Crippen molar-refractivity contribution in [1.29, 1.82) is 0 Å². The van der Waals surface area contributed by atoms with E-state index in [4.69, 9.17) is 0 Å². The first kappa shape index (κ1) is 13.7. The van der Waals surface area contributed by atoms with Gasteiger partial charge in [0.25, 0.3) is 0 Å². The summed E-state index contributed by atoms with van der Waals surface area (Å²) in [5.74, 6) is 0.221. The lowest BCUT2D eigenvalue weighted by Crippen LogP contribution is -2.33. The molecule has 0 spiro atoms. The molecule has 1 aromatic rings. The van der Waals surface area contributed by atoms with Gasteiger partial charge in [-0.2, -0.15) is 0 Å². The molecule has 1 atom stereocenters. The van der Waals surface area contributed by atoms with Crippen molar-refractivity contribution in [2.24, 2.45) is 0 Å². The van der Waals surface area contributed by atoms with Crippen LogP contribution < -0.4 is 0 Å². The van der Waals surface area contributed by atoms with Gasteiger partial charge in [-0.1, -0.05) is 6.92 Å². The average Bonchev–Trinajstić information content (AvgIpc) is 2.84. The number of carbonyl (C=O) groups excluding carboxylic acids is 1. The van der Waals surface area contributed by atoms with Crippen LogP contribution in [0.25, 0.3) is 0 Å². The molecule has 1 unspecified atom stereocenters. The van der Waals surface area contributed by atoms with E-state index < -0.39 is 0 Å². The van der Waals surface area contributed by atoms with Gasteiger partial charge in [-0.25, -0.2) is 0 Å². The van der Waals surface area contributed by atoms with Crippen LogP contribution in [0.5, 0.6) is 0 Å². The predicted molar refractivity (Wildman–Crippen MR) is 78.9 cm³/mol. The highest BCUT2D eigenvalue weighted by Gasteiger charge is 2.26. The van der Waals surface area contributed by atoms with Crippen molar-refractivity contribution < 1.29 is 4.79 Å². The van der Waals surface area contributed by atoms with Crippen molar-refractivity contribution in [3.63, 3.8) is 0 Å². The molecule has 0 aromatic carbocycles. The minimum atomic E-state index is 0.221. The zero-order chi connectivity index (χ0) is 12.4. The summed E-state index contributed by atoms with van der Waals surface area (Å²) in [5, 5.41) is 0. The average molecular weight is 381 g/mol. The molecule has 0 bridgehead atoms. The Morgan fingerprint density at radius 2 is 2.35 bits per heavy atom. The van der Waals surface area contributed by atoms with Crippen molar-refractivity contribution >= 4 is 49.0 Å². The van der Waals surface area contributed by atoms with Crippen molar-refractivity contribution in [3.8, 4) is 0 Å². The summed E-state index contributed by atoms with van der Waals surface area (Å²) < 4.78 is 1.93. The fraction of sp³-hybridized carbons (Fsp3) is 0.583. The second-order valence-electron chi connectivity index (χ2n) is 4.34. The highest BCUT2D eigenvalue weighted by molar-refractivity contribution is 9.12. The summed E-state index contributed by atoms with van der Waals surface area (Å²) in [6.07, 6.45) is 3.60. The second kappa shape index (κ2) is 5.95.